The fourth-order valence-corrected chi connectivity index (χ4v) is 3.31. The highest BCUT2D eigenvalue weighted by molar-refractivity contribution is 5.95. The number of halogens is 3. The van der Waals surface area contributed by atoms with E-state index in [1.165, 1.54) is 0 Å². The molecule has 4 rings (SSSR count). The van der Waals surface area contributed by atoms with Gasteiger partial charge in [0.25, 0.3) is 5.91 Å². The van der Waals surface area contributed by atoms with Crippen LogP contribution in [0.3, 0.4) is 0 Å². The van der Waals surface area contributed by atoms with E-state index in [0.29, 0.717) is 11.1 Å². The Balaban J connectivity index is 1.59. The second-order valence-electron chi connectivity index (χ2n) is 6.93. The lowest BCUT2D eigenvalue weighted by atomic mass is 9.98. The summed E-state index contributed by atoms with van der Waals surface area (Å²) in [5, 5.41) is 3.01. The lowest BCUT2D eigenvalue weighted by molar-refractivity contribution is 0.0943. The standard InChI is InChI=1S/C25H17F3N2O/c26-21-14-20(15-22(27)23(21)28)16-6-8-19(9-7-16)25(31)30-24(17-4-2-1-3-5-17)18-10-12-29-13-11-18/h1-15,24H,(H,30,31). The molecule has 0 radical (unpaired) electrons. The number of rotatable bonds is 5. The molecule has 6 heteroatoms. The molecule has 0 aliphatic heterocycles. The third kappa shape index (κ3) is 4.48. The molecule has 31 heavy (non-hydrogen) atoms. The van der Waals surface area contributed by atoms with Gasteiger partial charge >= 0.3 is 0 Å². The number of benzene rings is 3. The van der Waals surface area contributed by atoms with Gasteiger partial charge in [-0.25, -0.2) is 13.2 Å². The van der Waals surface area contributed by atoms with Gasteiger partial charge in [0.05, 0.1) is 6.04 Å². The van der Waals surface area contributed by atoms with Gasteiger partial charge in [0, 0.05) is 18.0 Å². The Morgan fingerprint density at radius 1 is 0.742 bits per heavy atom. The van der Waals surface area contributed by atoms with E-state index in [-0.39, 0.29) is 17.5 Å². The summed E-state index contributed by atoms with van der Waals surface area (Å²) in [6.45, 7) is 0. The average molecular weight is 418 g/mol. The van der Waals surface area contributed by atoms with Gasteiger partial charge in [-0.3, -0.25) is 9.78 Å². The summed E-state index contributed by atoms with van der Waals surface area (Å²) in [6, 6.07) is 20.9. The number of carbonyl (C=O) groups excluding carboxylic acids is 1. The molecule has 1 amide bonds. The minimum atomic E-state index is -1.51. The maximum atomic E-state index is 13.5. The number of hydrogen-bond donors (Lipinski definition) is 1. The number of carbonyl (C=O) groups is 1. The smallest absolute Gasteiger partial charge is 0.252 e. The first kappa shape index (κ1) is 20.3. The predicted octanol–water partition coefficient (Wildman–Crippen LogP) is 5.69. The summed E-state index contributed by atoms with van der Waals surface area (Å²) < 4.78 is 40.2. The number of hydrogen-bond acceptors (Lipinski definition) is 2. The molecule has 4 aromatic rings. The molecule has 0 spiro atoms. The van der Waals surface area contributed by atoms with Gasteiger partial charge in [-0.2, -0.15) is 0 Å². The van der Waals surface area contributed by atoms with Gasteiger partial charge in [-0.15, -0.1) is 0 Å². The molecule has 0 bridgehead atoms. The molecule has 154 valence electrons. The van der Waals surface area contributed by atoms with Crippen molar-refractivity contribution >= 4 is 5.91 Å². The highest BCUT2D eigenvalue weighted by Gasteiger charge is 2.18. The van der Waals surface area contributed by atoms with Crippen LogP contribution < -0.4 is 5.32 Å². The maximum Gasteiger partial charge on any atom is 0.252 e. The van der Waals surface area contributed by atoms with E-state index in [1.807, 2.05) is 42.5 Å². The lowest BCUT2D eigenvalue weighted by Gasteiger charge is -2.20. The van der Waals surface area contributed by atoms with Crippen molar-refractivity contribution in [2.75, 3.05) is 0 Å². The van der Waals surface area contributed by atoms with Crippen molar-refractivity contribution < 1.29 is 18.0 Å². The van der Waals surface area contributed by atoms with Gasteiger partial charge in [-0.05, 0) is 58.7 Å². The van der Waals surface area contributed by atoms with Crippen molar-refractivity contribution in [3.8, 4) is 11.1 Å². The van der Waals surface area contributed by atoms with Crippen LogP contribution in [0.25, 0.3) is 11.1 Å². The van der Waals surface area contributed by atoms with Crippen LogP contribution in [0.15, 0.2) is 91.3 Å². The number of aromatic nitrogens is 1. The fourth-order valence-electron chi connectivity index (χ4n) is 3.31. The van der Waals surface area contributed by atoms with E-state index in [4.69, 9.17) is 0 Å². The molecule has 3 nitrogen and oxygen atoms in total. The Labute approximate surface area is 177 Å². The van der Waals surface area contributed by atoms with Crippen molar-refractivity contribution in [3.63, 3.8) is 0 Å². The van der Waals surface area contributed by atoms with Crippen molar-refractivity contribution in [1.29, 1.82) is 0 Å². The van der Waals surface area contributed by atoms with Gasteiger partial charge < -0.3 is 5.32 Å². The molecule has 1 aromatic heterocycles. The molecule has 1 atom stereocenters. The highest BCUT2D eigenvalue weighted by atomic mass is 19.2. The van der Waals surface area contributed by atoms with Crippen molar-refractivity contribution in [3.05, 3.63) is 125 Å². The summed E-state index contributed by atoms with van der Waals surface area (Å²) in [6.07, 6.45) is 3.32. The van der Waals surface area contributed by atoms with E-state index in [2.05, 4.69) is 10.3 Å². The Hall–Kier alpha value is -3.93. The molecule has 1 N–H and O–H groups in total. The second-order valence-corrected chi connectivity index (χ2v) is 6.93. The number of amides is 1. The SMILES string of the molecule is O=C(NC(c1ccccc1)c1ccncc1)c1ccc(-c2cc(F)c(F)c(F)c2)cc1. The first-order chi connectivity index (χ1) is 15.0. The highest BCUT2D eigenvalue weighted by Crippen LogP contribution is 2.25. The number of pyridine rings is 1. The normalized spacial score (nSPS) is 11.7. The molecule has 0 aliphatic carbocycles. The van der Waals surface area contributed by atoms with Gasteiger partial charge in [-0.1, -0.05) is 42.5 Å². The van der Waals surface area contributed by atoms with Crippen LogP contribution in [0.4, 0.5) is 13.2 Å². The first-order valence-corrected chi connectivity index (χ1v) is 9.53. The molecular formula is C25H17F3N2O. The van der Waals surface area contributed by atoms with Crippen LogP contribution in [-0.2, 0) is 0 Å². The summed E-state index contributed by atoms with van der Waals surface area (Å²) >= 11 is 0. The van der Waals surface area contributed by atoms with Gasteiger partial charge in [0.15, 0.2) is 17.5 Å². The second kappa shape index (κ2) is 8.83. The molecule has 0 aliphatic rings. The third-order valence-corrected chi connectivity index (χ3v) is 4.91. The van der Waals surface area contributed by atoms with E-state index in [1.54, 1.807) is 36.7 Å². The molecule has 0 saturated carbocycles. The van der Waals surface area contributed by atoms with Crippen LogP contribution >= 0.6 is 0 Å². The van der Waals surface area contributed by atoms with Gasteiger partial charge in [0.1, 0.15) is 0 Å². The quantitative estimate of drug-likeness (QED) is 0.424. The fraction of sp³-hybridized carbons (Fsp3) is 0.0400. The first-order valence-electron chi connectivity index (χ1n) is 9.53. The number of nitrogens with one attached hydrogen (secondary N) is 1. The summed E-state index contributed by atoms with van der Waals surface area (Å²) in [7, 11) is 0. The zero-order valence-electron chi connectivity index (χ0n) is 16.2. The summed E-state index contributed by atoms with van der Waals surface area (Å²) in [5.74, 6) is -4.35. The van der Waals surface area contributed by atoms with Crippen LogP contribution in [0.1, 0.15) is 27.5 Å². The Morgan fingerprint density at radius 3 is 1.94 bits per heavy atom. The summed E-state index contributed by atoms with van der Waals surface area (Å²) in [5.41, 5.74) is 2.81. The zero-order valence-corrected chi connectivity index (χ0v) is 16.2. The molecule has 1 unspecified atom stereocenters. The van der Waals surface area contributed by atoms with E-state index >= 15 is 0 Å². The van der Waals surface area contributed by atoms with Crippen LogP contribution in [0.2, 0.25) is 0 Å². The van der Waals surface area contributed by atoms with E-state index in [9.17, 15) is 18.0 Å². The molecule has 3 aromatic carbocycles. The van der Waals surface area contributed by atoms with Crippen molar-refractivity contribution in [1.82, 2.24) is 10.3 Å². The Bertz CT molecular complexity index is 1130. The van der Waals surface area contributed by atoms with Crippen LogP contribution in [0.5, 0.6) is 0 Å². The Morgan fingerprint density at radius 2 is 1.32 bits per heavy atom. The minimum Gasteiger partial charge on any atom is -0.341 e. The largest absolute Gasteiger partial charge is 0.341 e. The molecule has 1 heterocycles. The predicted molar refractivity (Wildman–Crippen MR) is 112 cm³/mol. The topological polar surface area (TPSA) is 42.0 Å². The van der Waals surface area contributed by atoms with E-state index < -0.39 is 17.5 Å². The molecule has 0 saturated heterocycles. The Kier molecular flexibility index (Phi) is 5.80. The number of nitrogens with zero attached hydrogens (tertiary/aromatic N) is 1. The molecule has 0 fully saturated rings. The van der Waals surface area contributed by atoms with Crippen molar-refractivity contribution in [2.24, 2.45) is 0 Å². The average Bonchev–Trinajstić information content (AvgIpc) is 2.81. The van der Waals surface area contributed by atoms with E-state index in [0.717, 1.165) is 23.3 Å². The van der Waals surface area contributed by atoms with Gasteiger partial charge in [0.2, 0.25) is 0 Å². The third-order valence-electron chi connectivity index (χ3n) is 4.91. The minimum absolute atomic E-state index is 0.183. The van der Waals surface area contributed by atoms with Crippen molar-refractivity contribution in [2.45, 2.75) is 6.04 Å². The van der Waals surface area contributed by atoms with Crippen LogP contribution in [0, 0.1) is 17.5 Å². The zero-order chi connectivity index (χ0) is 21.8. The summed E-state index contributed by atoms with van der Waals surface area (Å²) in [4.78, 5) is 16.9. The monoisotopic (exact) mass is 418 g/mol. The van der Waals surface area contributed by atoms with Crippen LogP contribution in [-0.4, -0.2) is 10.9 Å². The maximum absolute atomic E-state index is 13.5. The lowest BCUT2D eigenvalue weighted by Crippen LogP contribution is -2.29. The molecular weight excluding hydrogens is 401 g/mol.